The topological polar surface area (TPSA) is 96.8 Å². The van der Waals surface area contributed by atoms with Crippen molar-refractivity contribution >= 4 is 28.8 Å². The van der Waals surface area contributed by atoms with E-state index in [-0.39, 0.29) is 5.69 Å². The van der Waals surface area contributed by atoms with E-state index in [4.69, 9.17) is 28.5 Å². The van der Waals surface area contributed by atoms with Crippen LogP contribution in [0, 0.1) is 11.3 Å². The molecule has 3 heterocycles. The van der Waals surface area contributed by atoms with Crippen LogP contribution in [0.15, 0.2) is 102 Å². The molecule has 6 rings (SSSR count). The van der Waals surface area contributed by atoms with E-state index >= 15 is 0 Å². The van der Waals surface area contributed by atoms with Crippen LogP contribution in [0.3, 0.4) is 0 Å². The van der Waals surface area contributed by atoms with Crippen molar-refractivity contribution in [3.8, 4) is 50.8 Å². The van der Waals surface area contributed by atoms with E-state index in [1.807, 2.05) is 36.4 Å². The second-order valence-electron chi connectivity index (χ2n) is 8.66. The van der Waals surface area contributed by atoms with Gasteiger partial charge in [0.1, 0.15) is 0 Å². The van der Waals surface area contributed by atoms with Crippen molar-refractivity contribution in [2.24, 2.45) is 0 Å². The van der Waals surface area contributed by atoms with Gasteiger partial charge in [0.2, 0.25) is 0 Å². The van der Waals surface area contributed by atoms with E-state index in [1.54, 1.807) is 60.9 Å². The van der Waals surface area contributed by atoms with Crippen LogP contribution in [0.4, 0.5) is 0 Å². The number of pyridine rings is 1. The molecule has 0 unspecified atom stereocenters. The molecule has 7 nitrogen and oxygen atoms in total. The molecule has 0 atom stereocenters. The van der Waals surface area contributed by atoms with Crippen molar-refractivity contribution in [1.29, 1.82) is 5.26 Å². The van der Waals surface area contributed by atoms with Gasteiger partial charge in [0, 0.05) is 38.5 Å². The summed E-state index contributed by atoms with van der Waals surface area (Å²) >= 11 is 12.2. The Balaban J connectivity index is 1.48. The van der Waals surface area contributed by atoms with Crippen molar-refractivity contribution in [3.63, 3.8) is 0 Å². The van der Waals surface area contributed by atoms with Crippen LogP contribution < -0.4 is 5.56 Å². The number of nitrogens with zero attached hydrogens (tertiary/aromatic N) is 6. The van der Waals surface area contributed by atoms with Gasteiger partial charge in [-0.05, 0) is 59.7 Å². The highest BCUT2D eigenvalue weighted by Crippen LogP contribution is 2.35. The van der Waals surface area contributed by atoms with Crippen LogP contribution in [0.2, 0.25) is 10.0 Å². The van der Waals surface area contributed by atoms with Gasteiger partial charge in [-0.3, -0.25) is 9.78 Å². The minimum absolute atomic E-state index is 0.125. The first-order valence-electron chi connectivity index (χ1n) is 11.8. The predicted molar refractivity (Wildman–Crippen MR) is 151 cm³/mol. The summed E-state index contributed by atoms with van der Waals surface area (Å²) in [5.74, 6) is 0. The van der Waals surface area contributed by atoms with Gasteiger partial charge in [-0.25, -0.2) is 0 Å². The van der Waals surface area contributed by atoms with Gasteiger partial charge in [0.05, 0.1) is 23.5 Å². The Morgan fingerprint density at radius 2 is 1.31 bits per heavy atom. The molecule has 0 radical (unpaired) electrons. The third-order valence-electron chi connectivity index (χ3n) is 6.27. The zero-order valence-electron chi connectivity index (χ0n) is 20.1. The van der Waals surface area contributed by atoms with Gasteiger partial charge >= 0.3 is 5.56 Å². The average Bonchev–Trinajstić information content (AvgIpc) is 2.98. The second kappa shape index (κ2) is 10.1. The number of nitriles is 1. The van der Waals surface area contributed by atoms with Crippen LogP contribution in [0.5, 0.6) is 0 Å². The molecule has 0 saturated carbocycles. The van der Waals surface area contributed by atoms with Crippen molar-refractivity contribution in [2.45, 2.75) is 0 Å². The molecule has 0 fully saturated rings. The standard InChI is InChI=1S/C30H16Cl2N6O/c31-23-10-5-19(6-11-23)25-17-35-38-29(27(25)21-7-12-24(32)13-8-21)37-36-28(30(38)39)22-9-14-26(34-16-22)20-3-1-18(15-33)2-4-20/h1-14,16-17H. The quantitative estimate of drug-likeness (QED) is 0.243. The molecule has 39 heavy (non-hydrogen) atoms. The fourth-order valence-electron chi connectivity index (χ4n) is 4.29. The van der Waals surface area contributed by atoms with Gasteiger partial charge in [-0.2, -0.15) is 14.9 Å². The Bertz CT molecular complexity index is 1930. The maximum atomic E-state index is 13.6. The third-order valence-corrected chi connectivity index (χ3v) is 6.77. The summed E-state index contributed by atoms with van der Waals surface area (Å²) in [4.78, 5) is 18.1. The number of rotatable bonds is 4. The van der Waals surface area contributed by atoms with Gasteiger partial charge in [0.15, 0.2) is 11.3 Å². The Hall–Kier alpha value is -4.90. The lowest BCUT2D eigenvalue weighted by atomic mass is 9.97. The lowest BCUT2D eigenvalue weighted by molar-refractivity contribution is 0.832. The molecule has 6 aromatic rings. The zero-order valence-corrected chi connectivity index (χ0v) is 21.6. The van der Waals surface area contributed by atoms with Crippen LogP contribution in [-0.4, -0.2) is 24.8 Å². The highest BCUT2D eigenvalue weighted by Gasteiger charge is 2.19. The summed E-state index contributed by atoms with van der Waals surface area (Å²) in [5, 5.41) is 23.4. The molecule has 0 spiro atoms. The average molecular weight is 547 g/mol. The van der Waals surface area contributed by atoms with Crippen LogP contribution in [0.1, 0.15) is 5.56 Å². The largest absolute Gasteiger partial charge is 0.301 e. The molecule has 0 saturated heterocycles. The zero-order chi connectivity index (χ0) is 26.9. The Morgan fingerprint density at radius 3 is 1.92 bits per heavy atom. The molecule has 0 bridgehead atoms. The molecule has 0 aliphatic carbocycles. The Labute approximate surface area is 232 Å². The number of hydrogen-bond donors (Lipinski definition) is 0. The van der Waals surface area contributed by atoms with E-state index in [2.05, 4.69) is 26.3 Å². The van der Waals surface area contributed by atoms with E-state index < -0.39 is 5.56 Å². The monoisotopic (exact) mass is 546 g/mol. The molecule has 9 heteroatoms. The molecular formula is C30H16Cl2N6O. The molecular weight excluding hydrogens is 531 g/mol. The summed E-state index contributed by atoms with van der Waals surface area (Å²) in [5.41, 5.74) is 5.76. The van der Waals surface area contributed by atoms with Gasteiger partial charge < -0.3 is 0 Å². The first-order chi connectivity index (χ1) is 19.0. The normalized spacial score (nSPS) is 10.9. The fraction of sp³-hybridized carbons (Fsp3) is 0. The van der Waals surface area contributed by atoms with E-state index in [0.29, 0.717) is 38.1 Å². The van der Waals surface area contributed by atoms with Crippen LogP contribution in [0.25, 0.3) is 50.4 Å². The fourth-order valence-corrected chi connectivity index (χ4v) is 4.55. The van der Waals surface area contributed by atoms with Gasteiger partial charge in [-0.15, -0.1) is 10.2 Å². The third kappa shape index (κ3) is 4.64. The van der Waals surface area contributed by atoms with E-state index in [1.165, 1.54) is 4.52 Å². The second-order valence-corrected chi connectivity index (χ2v) is 9.53. The molecule has 3 aromatic carbocycles. The SMILES string of the molecule is N#Cc1ccc(-c2ccc(-c3nnc4c(-c5ccc(Cl)cc5)c(-c5ccc(Cl)cc5)cnn4c3=O)cn2)cc1. The maximum absolute atomic E-state index is 13.6. The Morgan fingerprint density at radius 1 is 0.692 bits per heavy atom. The molecule has 3 aromatic heterocycles. The molecule has 0 aliphatic heterocycles. The number of hydrogen-bond acceptors (Lipinski definition) is 6. The van der Waals surface area contributed by atoms with Gasteiger partial charge in [0.25, 0.3) is 0 Å². The maximum Gasteiger partial charge on any atom is 0.301 e. The van der Waals surface area contributed by atoms with Crippen molar-refractivity contribution in [2.75, 3.05) is 0 Å². The molecule has 0 amide bonds. The number of halogens is 2. The minimum atomic E-state index is -0.425. The van der Waals surface area contributed by atoms with Crippen LogP contribution >= 0.6 is 23.2 Å². The highest BCUT2D eigenvalue weighted by molar-refractivity contribution is 6.31. The lowest BCUT2D eigenvalue weighted by Gasteiger charge is -2.13. The minimum Gasteiger partial charge on any atom is -0.265 e. The molecule has 0 aliphatic rings. The summed E-state index contributed by atoms with van der Waals surface area (Å²) in [6.45, 7) is 0. The number of fused-ring (bicyclic) bond motifs is 1. The number of benzene rings is 3. The van der Waals surface area contributed by atoms with E-state index in [0.717, 1.165) is 22.3 Å². The summed E-state index contributed by atoms with van der Waals surface area (Å²) in [6.07, 6.45) is 3.22. The van der Waals surface area contributed by atoms with Gasteiger partial charge in [-0.1, -0.05) is 59.6 Å². The summed E-state index contributed by atoms with van der Waals surface area (Å²) < 4.78 is 1.25. The first kappa shape index (κ1) is 24.4. The lowest BCUT2D eigenvalue weighted by Crippen LogP contribution is -2.22. The molecule has 0 N–H and O–H groups in total. The summed E-state index contributed by atoms with van der Waals surface area (Å²) in [7, 11) is 0. The smallest absolute Gasteiger partial charge is 0.265 e. The first-order valence-corrected chi connectivity index (χ1v) is 12.5. The Kier molecular flexibility index (Phi) is 6.33. The molecule has 186 valence electrons. The number of aromatic nitrogens is 5. The summed E-state index contributed by atoms with van der Waals surface area (Å²) in [6, 6.07) is 27.4. The van der Waals surface area contributed by atoms with E-state index in [9.17, 15) is 4.79 Å². The highest BCUT2D eigenvalue weighted by atomic mass is 35.5. The van der Waals surface area contributed by atoms with Crippen molar-refractivity contribution in [3.05, 3.63) is 123 Å². The van der Waals surface area contributed by atoms with Crippen LogP contribution in [-0.2, 0) is 0 Å². The van der Waals surface area contributed by atoms with Crippen molar-refractivity contribution < 1.29 is 0 Å². The predicted octanol–water partition coefficient (Wildman–Crippen LogP) is 6.73. The van der Waals surface area contributed by atoms with Crippen molar-refractivity contribution in [1.82, 2.24) is 24.8 Å².